The Kier molecular flexibility index (Phi) is 5.02. The van der Waals surface area contributed by atoms with Gasteiger partial charge in [0.25, 0.3) is 0 Å². The van der Waals surface area contributed by atoms with E-state index in [0.717, 1.165) is 31.9 Å². The summed E-state index contributed by atoms with van der Waals surface area (Å²) in [7, 11) is 1.72. The van der Waals surface area contributed by atoms with Crippen LogP contribution in [0.3, 0.4) is 0 Å². The normalized spacial score (nSPS) is 18.6. The second-order valence-corrected chi connectivity index (χ2v) is 4.86. The Labute approximate surface area is 110 Å². The van der Waals surface area contributed by atoms with Gasteiger partial charge in [-0.15, -0.1) is 0 Å². The van der Waals surface area contributed by atoms with E-state index in [2.05, 4.69) is 41.4 Å². The van der Waals surface area contributed by atoms with Crippen LogP contribution in [-0.4, -0.2) is 38.2 Å². The molecular formula is C15H24N2O. The van der Waals surface area contributed by atoms with Crippen LogP contribution in [0.4, 0.5) is 0 Å². The molecule has 2 rings (SSSR count). The Morgan fingerprint density at radius 2 is 1.89 bits per heavy atom. The highest BCUT2D eigenvalue weighted by atomic mass is 16.5. The van der Waals surface area contributed by atoms with E-state index in [1.807, 2.05) is 0 Å². The quantitative estimate of drug-likeness (QED) is 0.866. The minimum absolute atomic E-state index is 0.558. The first-order valence-corrected chi connectivity index (χ1v) is 6.94. The zero-order valence-corrected chi connectivity index (χ0v) is 11.5. The molecule has 100 valence electrons. The average Bonchev–Trinajstić information content (AvgIpc) is 2.46. The molecule has 0 aliphatic carbocycles. The third-order valence-corrected chi connectivity index (χ3v) is 3.66. The second-order valence-electron chi connectivity index (χ2n) is 4.86. The molecule has 1 aliphatic heterocycles. The number of piperazine rings is 1. The molecule has 1 saturated heterocycles. The molecule has 1 aliphatic rings. The first-order chi connectivity index (χ1) is 8.85. The topological polar surface area (TPSA) is 24.5 Å². The first-order valence-electron chi connectivity index (χ1n) is 6.94. The molecule has 1 aromatic carbocycles. The van der Waals surface area contributed by atoms with E-state index in [-0.39, 0.29) is 0 Å². The number of benzene rings is 1. The fourth-order valence-corrected chi connectivity index (χ4v) is 2.65. The Bertz CT molecular complexity index is 344. The molecule has 0 amide bonds. The van der Waals surface area contributed by atoms with Crippen molar-refractivity contribution in [1.29, 1.82) is 0 Å². The molecule has 1 atom stereocenters. The maximum atomic E-state index is 5.23. The van der Waals surface area contributed by atoms with Gasteiger partial charge in [0.2, 0.25) is 0 Å². The van der Waals surface area contributed by atoms with Crippen LogP contribution in [0, 0.1) is 0 Å². The molecule has 0 bridgehead atoms. The van der Waals surface area contributed by atoms with Gasteiger partial charge >= 0.3 is 0 Å². The van der Waals surface area contributed by atoms with E-state index in [4.69, 9.17) is 4.74 Å². The largest absolute Gasteiger partial charge is 0.497 e. The number of ether oxygens (including phenoxy) is 1. The predicted octanol–water partition coefficient (Wildman–Crippen LogP) is 2.44. The highest BCUT2D eigenvalue weighted by Gasteiger charge is 2.21. The van der Waals surface area contributed by atoms with Crippen molar-refractivity contribution in [2.24, 2.45) is 0 Å². The maximum absolute atomic E-state index is 5.23. The highest BCUT2D eigenvalue weighted by molar-refractivity contribution is 5.29. The molecule has 1 heterocycles. The summed E-state index contributed by atoms with van der Waals surface area (Å²) in [6.07, 6.45) is 2.45. The SMILES string of the molecule is CCC[C@H](c1ccc(OC)cc1)N1CCNCC1. The average molecular weight is 248 g/mol. The number of hydrogen-bond donors (Lipinski definition) is 1. The van der Waals surface area contributed by atoms with Crippen LogP contribution in [0.5, 0.6) is 5.75 Å². The fraction of sp³-hybridized carbons (Fsp3) is 0.600. The van der Waals surface area contributed by atoms with Gasteiger partial charge in [0, 0.05) is 32.2 Å². The number of methoxy groups -OCH3 is 1. The standard InChI is InChI=1S/C15H24N2O/c1-3-4-15(17-11-9-16-10-12-17)13-5-7-14(18-2)8-6-13/h5-8,15-16H,3-4,9-12H2,1-2H3/t15-/m1/s1. The van der Waals surface area contributed by atoms with Gasteiger partial charge in [0.15, 0.2) is 0 Å². The third kappa shape index (κ3) is 3.24. The van der Waals surface area contributed by atoms with Crippen molar-refractivity contribution in [2.45, 2.75) is 25.8 Å². The van der Waals surface area contributed by atoms with Crippen LogP contribution in [-0.2, 0) is 0 Å². The van der Waals surface area contributed by atoms with Crippen LogP contribution in [0.1, 0.15) is 31.4 Å². The predicted molar refractivity (Wildman–Crippen MR) is 75.1 cm³/mol. The molecule has 3 heteroatoms. The van der Waals surface area contributed by atoms with Crippen molar-refractivity contribution in [3.63, 3.8) is 0 Å². The summed E-state index contributed by atoms with van der Waals surface area (Å²) in [5.74, 6) is 0.939. The fourth-order valence-electron chi connectivity index (χ4n) is 2.65. The monoisotopic (exact) mass is 248 g/mol. The Morgan fingerprint density at radius 1 is 1.22 bits per heavy atom. The Morgan fingerprint density at radius 3 is 2.44 bits per heavy atom. The minimum Gasteiger partial charge on any atom is -0.497 e. The Balaban J connectivity index is 2.11. The molecule has 0 spiro atoms. The lowest BCUT2D eigenvalue weighted by Crippen LogP contribution is -2.45. The number of rotatable bonds is 5. The molecule has 1 fully saturated rings. The van der Waals surface area contributed by atoms with Crippen LogP contribution in [0.15, 0.2) is 24.3 Å². The first kappa shape index (κ1) is 13.4. The molecular weight excluding hydrogens is 224 g/mol. The van der Waals surface area contributed by atoms with E-state index in [1.54, 1.807) is 7.11 Å². The number of hydrogen-bond acceptors (Lipinski definition) is 3. The molecule has 18 heavy (non-hydrogen) atoms. The van der Waals surface area contributed by atoms with Crippen molar-refractivity contribution in [3.8, 4) is 5.75 Å². The van der Waals surface area contributed by atoms with Gasteiger partial charge in [0.1, 0.15) is 5.75 Å². The van der Waals surface area contributed by atoms with E-state index >= 15 is 0 Å². The van der Waals surface area contributed by atoms with E-state index < -0.39 is 0 Å². The van der Waals surface area contributed by atoms with E-state index in [0.29, 0.717) is 6.04 Å². The van der Waals surface area contributed by atoms with Gasteiger partial charge in [-0.25, -0.2) is 0 Å². The van der Waals surface area contributed by atoms with Crippen LogP contribution >= 0.6 is 0 Å². The summed E-state index contributed by atoms with van der Waals surface area (Å²) < 4.78 is 5.23. The lowest BCUT2D eigenvalue weighted by Gasteiger charge is -2.35. The van der Waals surface area contributed by atoms with Crippen molar-refractivity contribution >= 4 is 0 Å². The third-order valence-electron chi connectivity index (χ3n) is 3.66. The highest BCUT2D eigenvalue weighted by Crippen LogP contribution is 2.27. The van der Waals surface area contributed by atoms with Crippen molar-refractivity contribution in [3.05, 3.63) is 29.8 Å². The van der Waals surface area contributed by atoms with Gasteiger partial charge in [-0.05, 0) is 24.1 Å². The summed E-state index contributed by atoms with van der Waals surface area (Å²) in [5, 5.41) is 3.42. The van der Waals surface area contributed by atoms with Crippen molar-refractivity contribution < 1.29 is 4.74 Å². The second kappa shape index (κ2) is 6.76. The zero-order valence-electron chi connectivity index (χ0n) is 11.5. The molecule has 0 radical (unpaired) electrons. The smallest absolute Gasteiger partial charge is 0.118 e. The zero-order chi connectivity index (χ0) is 12.8. The molecule has 1 N–H and O–H groups in total. The summed E-state index contributed by atoms with van der Waals surface area (Å²) in [6.45, 7) is 6.78. The minimum atomic E-state index is 0.558. The van der Waals surface area contributed by atoms with E-state index in [1.165, 1.54) is 18.4 Å². The lowest BCUT2D eigenvalue weighted by atomic mass is 10.00. The van der Waals surface area contributed by atoms with Crippen LogP contribution in [0.2, 0.25) is 0 Å². The summed E-state index contributed by atoms with van der Waals surface area (Å²) in [5.41, 5.74) is 1.42. The summed E-state index contributed by atoms with van der Waals surface area (Å²) in [4.78, 5) is 2.60. The van der Waals surface area contributed by atoms with Crippen molar-refractivity contribution in [1.82, 2.24) is 10.2 Å². The van der Waals surface area contributed by atoms with Gasteiger partial charge < -0.3 is 10.1 Å². The van der Waals surface area contributed by atoms with Gasteiger partial charge in [-0.3, -0.25) is 4.90 Å². The molecule has 1 aromatic rings. The number of nitrogens with one attached hydrogen (secondary N) is 1. The number of nitrogens with zero attached hydrogens (tertiary/aromatic N) is 1. The molecule has 0 saturated carbocycles. The van der Waals surface area contributed by atoms with Crippen LogP contribution in [0.25, 0.3) is 0 Å². The summed E-state index contributed by atoms with van der Waals surface area (Å²) in [6, 6.07) is 9.12. The summed E-state index contributed by atoms with van der Waals surface area (Å²) >= 11 is 0. The van der Waals surface area contributed by atoms with E-state index in [9.17, 15) is 0 Å². The molecule has 0 unspecified atom stereocenters. The maximum Gasteiger partial charge on any atom is 0.118 e. The van der Waals surface area contributed by atoms with Crippen LogP contribution < -0.4 is 10.1 Å². The van der Waals surface area contributed by atoms with Gasteiger partial charge in [-0.2, -0.15) is 0 Å². The molecule has 3 nitrogen and oxygen atoms in total. The lowest BCUT2D eigenvalue weighted by molar-refractivity contribution is 0.164. The molecule has 0 aromatic heterocycles. The van der Waals surface area contributed by atoms with Gasteiger partial charge in [0.05, 0.1) is 7.11 Å². The van der Waals surface area contributed by atoms with Crippen molar-refractivity contribution in [2.75, 3.05) is 33.3 Å². The van der Waals surface area contributed by atoms with Gasteiger partial charge in [-0.1, -0.05) is 25.5 Å². The Hall–Kier alpha value is -1.06.